The lowest BCUT2D eigenvalue weighted by atomic mass is 9.97. The number of rotatable bonds is 6. The Labute approximate surface area is 121 Å². The second-order valence-corrected chi connectivity index (χ2v) is 5.79. The van der Waals surface area contributed by atoms with Crippen molar-refractivity contribution < 1.29 is 19.0 Å². The molecule has 2 fully saturated rings. The summed E-state index contributed by atoms with van der Waals surface area (Å²) in [6.07, 6.45) is 6.20. The van der Waals surface area contributed by atoms with Crippen LogP contribution in [0.2, 0.25) is 0 Å². The molecule has 2 rings (SSSR count). The van der Waals surface area contributed by atoms with Crippen molar-refractivity contribution in [3.63, 3.8) is 0 Å². The van der Waals surface area contributed by atoms with Crippen LogP contribution in [-0.4, -0.2) is 50.6 Å². The van der Waals surface area contributed by atoms with E-state index in [-0.39, 0.29) is 18.2 Å². The molecule has 1 aliphatic heterocycles. The summed E-state index contributed by atoms with van der Waals surface area (Å²) in [5, 5.41) is 3.29. The molecule has 1 saturated carbocycles. The van der Waals surface area contributed by atoms with Crippen LogP contribution in [0.5, 0.6) is 0 Å². The van der Waals surface area contributed by atoms with E-state index in [0.29, 0.717) is 13.0 Å². The normalized spacial score (nSPS) is 34.1. The summed E-state index contributed by atoms with van der Waals surface area (Å²) in [7, 11) is 1.45. The minimum atomic E-state index is -0.554. The lowest BCUT2D eigenvalue weighted by Crippen LogP contribution is -2.51. The molecule has 1 N–H and O–H groups in total. The fourth-order valence-electron chi connectivity index (χ4n) is 3.28. The molecule has 5 heteroatoms. The second kappa shape index (κ2) is 7.38. The summed E-state index contributed by atoms with van der Waals surface area (Å²) in [6, 6.07) is 0. The fraction of sp³-hybridized carbons (Fsp3) is 0.933. The SMILES string of the molecule is CCNC1(C(=O)OC)CCC(OCC2CCCCO2)C1. The van der Waals surface area contributed by atoms with Crippen LogP contribution in [0.3, 0.4) is 0 Å². The molecule has 0 aromatic rings. The number of carbonyl (C=O) groups excluding carboxylic acids is 1. The van der Waals surface area contributed by atoms with Crippen molar-refractivity contribution >= 4 is 5.97 Å². The van der Waals surface area contributed by atoms with E-state index in [1.54, 1.807) is 0 Å². The van der Waals surface area contributed by atoms with Crippen LogP contribution in [-0.2, 0) is 19.0 Å². The Hall–Kier alpha value is -0.650. The van der Waals surface area contributed by atoms with E-state index in [1.807, 2.05) is 6.92 Å². The number of likely N-dealkylation sites (N-methyl/N-ethyl adjacent to an activating group) is 1. The minimum Gasteiger partial charge on any atom is -0.468 e. The van der Waals surface area contributed by atoms with E-state index in [4.69, 9.17) is 14.2 Å². The van der Waals surface area contributed by atoms with Gasteiger partial charge in [0.2, 0.25) is 0 Å². The maximum absolute atomic E-state index is 12.0. The van der Waals surface area contributed by atoms with Gasteiger partial charge >= 0.3 is 5.97 Å². The van der Waals surface area contributed by atoms with Gasteiger partial charge in [0.25, 0.3) is 0 Å². The average molecular weight is 285 g/mol. The number of hydrogen-bond acceptors (Lipinski definition) is 5. The van der Waals surface area contributed by atoms with Gasteiger partial charge in [-0.25, -0.2) is 0 Å². The van der Waals surface area contributed by atoms with Crippen LogP contribution in [0.4, 0.5) is 0 Å². The molecule has 0 radical (unpaired) electrons. The van der Waals surface area contributed by atoms with Gasteiger partial charge < -0.3 is 19.5 Å². The predicted octanol–water partition coefficient (Wildman–Crippen LogP) is 1.65. The molecule has 20 heavy (non-hydrogen) atoms. The Morgan fingerprint density at radius 2 is 2.25 bits per heavy atom. The van der Waals surface area contributed by atoms with Crippen LogP contribution >= 0.6 is 0 Å². The molecular weight excluding hydrogens is 258 g/mol. The van der Waals surface area contributed by atoms with E-state index in [9.17, 15) is 4.79 Å². The largest absolute Gasteiger partial charge is 0.468 e. The Balaban J connectivity index is 1.81. The van der Waals surface area contributed by atoms with Gasteiger partial charge in [0.05, 0.1) is 25.9 Å². The zero-order valence-corrected chi connectivity index (χ0v) is 12.7. The van der Waals surface area contributed by atoms with Gasteiger partial charge in [-0.2, -0.15) is 0 Å². The molecule has 1 saturated heterocycles. The van der Waals surface area contributed by atoms with Crippen LogP contribution in [0.25, 0.3) is 0 Å². The lowest BCUT2D eigenvalue weighted by molar-refractivity contribution is -0.149. The van der Waals surface area contributed by atoms with Gasteiger partial charge in [0, 0.05) is 13.0 Å². The quantitative estimate of drug-likeness (QED) is 0.752. The van der Waals surface area contributed by atoms with Crippen LogP contribution in [0.1, 0.15) is 45.4 Å². The maximum Gasteiger partial charge on any atom is 0.326 e. The Morgan fingerprint density at radius 3 is 2.90 bits per heavy atom. The minimum absolute atomic E-state index is 0.124. The molecular formula is C15H27NO4. The van der Waals surface area contributed by atoms with Crippen LogP contribution in [0.15, 0.2) is 0 Å². The van der Waals surface area contributed by atoms with Gasteiger partial charge in [0.1, 0.15) is 5.54 Å². The van der Waals surface area contributed by atoms with Crippen molar-refractivity contribution in [2.24, 2.45) is 0 Å². The summed E-state index contributed by atoms with van der Waals surface area (Å²) in [5.74, 6) is -0.167. The standard InChI is InChI=1S/C15H27NO4/c1-3-16-15(14(17)18-2)8-7-12(10-15)20-11-13-6-4-5-9-19-13/h12-13,16H,3-11H2,1-2H3. The first kappa shape index (κ1) is 15.7. The molecule has 2 aliphatic rings. The number of ether oxygens (including phenoxy) is 3. The third-order valence-electron chi connectivity index (χ3n) is 4.35. The zero-order chi connectivity index (χ0) is 14.4. The molecule has 116 valence electrons. The molecule has 0 amide bonds. The maximum atomic E-state index is 12.0. The first-order valence-corrected chi connectivity index (χ1v) is 7.77. The second-order valence-electron chi connectivity index (χ2n) is 5.79. The van der Waals surface area contributed by atoms with Gasteiger partial charge in [-0.3, -0.25) is 4.79 Å². The van der Waals surface area contributed by atoms with Gasteiger partial charge in [-0.05, 0) is 38.6 Å². The number of esters is 1. The third-order valence-corrected chi connectivity index (χ3v) is 4.35. The zero-order valence-electron chi connectivity index (χ0n) is 12.7. The highest BCUT2D eigenvalue weighted by Gasteiger charge is 2.46. The number of nitrogens with one attached hydrogen (secondary N) is 1. The monoisotopic (exact) mass is 285 g/mol. The highest BCUT2D eigenvalue weighted by Crippen LogP contribution is 2.33. The van der Waals surface area contributed by atoms with Crippen LogP contribution in [0, 0.1) is 0 Å². The number of methoxy groups -OCH3 is 1. The van der Waals surface area contributed by atoms with E-state index < -0.39 is 5.54 Å². The van der Waals surface area contributed by atoms with E-state index in [0.717, 1.165) is 38.8 Å². The van der Waals surface area contributed by atoms with E-state index in [2.05, 4.69) is 5.32 Å². The van der Waals surface area contributed by atoms with E-state index >= 15 is 0 Å². The molecule has 1 heterocycles. The molecule has 0 aromatic heterocycles. The number of carbonyl (C=O) groups is 1. The van der Waals surface area contributed by atoms with Crippen molar-refractivity contribution in [1.29, 1.82) is 0 Å². The molecule has 1 aliphatic carbocycles. The van der Waals surface area contributed by atoms with Crippen molar-refractivity contribution in [2.45, 2.75) is 63.2 Å². The molecule has 3 atom stereocenters. The summed E-state index contributed by atoms with van der Waals surface area (Å²) < 4.78 is 16.6. The summed E-state index contributed by atoms with van der Waals surface area (Å²) in [4.78, 5) is 12.0. The summed E-state index contributed by atoms with van der Waals surface area (Å²) in [5.41, 5.74) is -0.554. The van der Waals surface area contributed by atoms with Gasteiger partial charge in [0.15, 0.2) is 0 Å². The molecule has 3 unspecified atom stereocenters. The Kier molecular flexibility index (Phi) is 5.81. The molecule has 0 bridgehead atoms. The highest BCUT2D eigenvalue weighted by atomic mass is 16.5. The topological polar surface area (TPSA) is 56.8 Å². The summed E-state index contributed by atoms with van der Waals surface area (Å²) >= 11 is 0. The molecule has 0 spiro atoms. The van der Waals surface area contributed by atoms with Gasteiger partial charge in [-0.15, -0.1) is 0 Å². The fourth-order valence-corrected chi connectivity index (χ4v) is 3.28. The van der Waals surface area contributed by atoms with Crippen molar-refractivity contribution in [1.82, 2.24) is 5.32 Å². The number of hydrogen-bond donors (Lipinski definition) is 1. The average Bonchev–Trinajstić information content (AvgIpc) is 2.90. The third kappa shape index (κ3) is 3.71. The van der Waals surface area contributed by atoms with Crippen molar-refractivity contribution in [3.05, 3.63) is 0 Å². The highest BCUT2D eigenvalue weighted by molar-refractivity contribution is 5.81. The first-order chi connectivity index (χ1) is 9.70. The Bertz CT molecular complexity index is 317. The van der Waals surface area contributed by atoms with Crippen molar-refractivity contribution in [2.75, 3.05) is 26.9 Å². The first-order valence-electron chi connectivity index (χ1n) is 7.77. The smallest absolute Gasteiger partial charge is 0.326 e. The van der Waals surface area contributed by atoms with Gasteiger partial charge in [-0.1, -0.05) is 6.92 Å². The van der Waals surface area contributed by atoms with Crippen molar-refractivity contribution in [3.8, 4) is 0 Å². The summed E-state index contributed by atoms with van der Waals surface area (Å²) in [6.45, 7) is 4.26. The van der Waals surface area contributed by atoms with Crippen LogP contribution < -0.4 is 5.32 Å². The lowest BCUT2D eigenvalue weighted by Gasteiger charge is -2.28. The molecule has 5 nitrogen and oxygen atoms in total. The van der Waals surface area contributed by atoms with E-state index in [1.165, 1.54) is 13.5 Å². The molecule has 0 aromatic carbocycles. The Morgan fingerprint density at radius 1 is 1.40 bits per heavy atom. The predicted molar refractivity (Wildman–Crippen MR) is 75.6 cm³/mol.